The molecule has 0 saturated carbocycles. The van der Waals surface area contributed by atoms with E-state index in [4.69, 9.17) is 10.5 Å². The van der Waals surface area contributed by atoms with Gasteiger partial charge in [-0.25, -0.2) is 0 Å². The lowest BCUT2D eigenvalue weighted by Crippen LogP contribution is -2.51. The van der Waals surface area contributed by atoms with Crippen molar-refractivity contribution in [2.45, 2.75) is 45.1 Å². The van der Waals surface area contributed by atoms with E-state index in [0.29, 0.717) is 5.54 Å². The van der Waals surface area contributed by atoms with Crippen molar-refractivity contribution in [2.75, 3.05) is 32.8 Å². The van der Waals surface area contributed by atoms with Crippen molar-refractivity contribution < 1.29 is 4.74 Å². The zero-order valence-electron chi connectivity index (χ0n) is 10.8. The van der Waals surface area contributed by atoms with Gasteiger partial charge in [0.25, 0.3) is 0 Å². The molecule has 2 aliphatic heterocycles. The molecule has 0 radical (unpaired) electrons. The molecule has 0 aromatic heterocycles. The first-order chi connectivity index (χ1) is 7.58. The molecule has 0 bridgehead atoms. The lowest BCUT2D eigenvalue weighted by atomic mass is 9.81. The van der Waals surface area contributed by atoms with Gasteiger partial charge in [0.1, 0.15) is 0 Å². The van der Waals surface area contributed by atoms with Crippen molar-refractivity contribution in [2.24, 2.45) is 11.1 Å². The van der Waals surface area contributed by atoms with Crippen molar-refractivity contribution in [3.8, 4) is 0 Å². The van der Waals surface area contributed by atoms with Crippen molar-refractivity contribution in [3.63, 3.8) is 0 Å². The minimum atomic E-state index is 0.222. The number of hydrogen-bond acceptors (Lipinski definition) is 3. The number of nitrogens with two attached hydrogens (primary N) is 1. The van der Waals surface area contributed by atoms with Gasteiger partial charge >= 0.3 is 0 Å². The predicted molar refractivity (Wildman–Crippen MR) is 66.4 cm³/mol. The second kappa shape index (κ2) is 4.63. The highest BCUT2D eigenvalue weighted by molar-refractivity contribution is 4.94. The Labute approximate surface area is 99.3 Å². The molecule has 3 heteroatoms. The van der Waals surface area contributed by atoms with Gasteiger partial charge in [-0.2, -0.15) is 0 Å². The van der Waals surface area contributed by atoms with Crippen LogP contribution in [0.15, 0.2) is 0 Å². The maximum absolute atomic E-state index is 6.00. The molecule has 1 atom stereocenters. The van der Waals surface area contributed by atoms with E-state index in [0.717, 1.165) is 26.3 Å². The molecule has 0 aromatic carbocycles. The van der Waals surface area contributed by atoms with Gasteiger partial charge in [0.2, 0.25) is 0 Å². The highest BCUT2D eigenvalue weighted by Gasteiger charge is 2.39. The summed E-state index contributed by atoms with van der Waals surface area (Å²) in [6.45, 7) is 9.61. The fourth-order valence-corrected chi connectivity index (χ4v) is 3.12. The predicted octanol–water partition coefficient (Wildman–Crippen LogP) is 1.62. The average molecular weight is 226 g/mol. The van der Waals surface area contributed by atoms with Gasteiger partial charge in [0.15, 0.2) is 0 Å². The Kier molecular flexibility index (Phi) is 3.57. The van der Waals surface area contributed by atoms with E-state index in [1.165, 1.54) is 32.2 Å². The molecule has 0 amide bonds. The molecular weight excluding hydrogens is 200 g/mol. The molecule has 0 spiro atoms. The molecule has 2 heterocycles. The summed E-state index contributed by atoms with van der Waals surface area (Å²) in [6, 6.07) is 0. The molecular formula is C13H26N2O. The zero-order chi connectivity index (χ0) is 11.6. The summed E-state index contributed by atoms with van der Waals surface area (Å²) in [5, 5.41) is 0. The first kappa shape index (κ1) is 12.3. The van der Waals surface area contributed by atoms with Crippen LogP contribution in [0.2, 0.25) is 0 Å². The Morgan fingerprint density at radius 3 is 2.56 bits per heavy atom. The van der Waals surface area contributed by atoms with Gasteiger partial charge < -0.3 is 10.5 Å². The molecule has 94 valence electrons. The first-order valence-electron chi connectivity index (χ1n) is 6.61. The fourth-order valence-electron chi connectivity index (χ4n) is 3.12. The largest absolute Gasteiger partial charge is 0.381 e. The van der Waals surface area contributed by atoms with Crippen molar-refractivity contribution in [3.05, 3.63) is 0 Å². The molecule has 0 aromatic rings. The minimum Gasteiger partial charge on any atom is -0.381 e. The van der Waals surface area contributed by atoms with Crippen LogP contribution in [0.3, 0.4) is 0 Å². The van der Waals surface area contributed by atoms with Crippen molar-refractivity contribution >= 4 is 0 Å². The Morgan fingerprint density at radius 2 is 2.06 bits per heavy atom. The number of likely N-dealkylation sites (tertiary alicyclic amines) is 1. The molecule has 2 N–H and O–H groups in total. The van der Waals surface area contributed by atoms with Crippen LogP contribution in [0.25, 0.3) is 0 Å². The minimum absolute atomic E-state index is 0.222. The highest BCUT2D eigenvalue weighted by Crippen LogP contribution is 2.35. The quantitative estimate of drug-likeness (QED) is 0.794. The Bertz CT molecular complexity index is 234. The normalized spacial score (nSPS) is 35.4. The van der Waals surface area contributed by atoms with Crippen LogP contribution in [-0.2, 0) is 4.74 Å². The Morgan fingerprint density at radius 1 is 1.25 bits per heavy atom. The van der Waals surface area contributed by atoms with E-state index in [9.17, 15) is 0 Å². The van der Waals surface area contributed by atoms with E-state index in [1.54, 1.807) is 0 Å². The summed E-state index contributed by atoms with van der Waals surface area (Å²) in [5.74, 6) is 0. The van der Waals surface area contributed by atoms with Gasteiger partial charge in [-0.15, -0.1) is 0 Å². The third-order valence-electron chi connectivity index (χ3n) is 4.44. The summed E-state index contributed by atoms with van der Waals surface area (Å²) in [4.78, 5) is 2.62. The Balaban J connectivity index is 2.00. The van der Waals surface area contributed by atoms with E-state index >= 15 is 0 Å². The summed E-state index contributed by atoms with van der Waals surface area (Å²) < 4.78 is 5.65. The summed E-state index contributed by atoms with van der Waals surface area (Å²) in [5.41, 5.74) is 6.58. The lowest BCUT2D eigenvalue weighted by molar-refractivity contribution is -0.0311. The number of rotatable bonds is 3. The van der Waals surface area contributed by atoms with E-state index in [2.05, 4.69) is 18.7 Å². The van der Waals surface area contributed by atoms with Crippen LogP contribution in [0.1, 0.15) is 39.5 Å². The monoisotopic (exact) mass is 226 g/mol. The Hall–Kier alpha value is -0.120. The summed E-state index contributed by atoms with van der Waals surface area (Å²) in [6.07, 6.45) is 5.05. The summed E-state index contributed by atoms with van der Waals surface area (Å²) >= 11 is 0. The SMILES string of the molecule is CC1(C)CCCN1CC1(CN)CCCOC1. The van der Waals surface area contributed by atoms with Gasteiger partial charge in [-0.05, 0) is 46.1 Å². The van der Waals surface area contributed by atoms with Crippen LogP contribution < -0.4 is 5.73 Å². The van der Waals surface area contributed by atoms with Crippen LogP contribution in [0, 0.1) is 5.41 Å². The molecule has 2 saturated heterocycles. The van der Waals surface area contributed by atoms with Crippen LogP contribution >= 0.6 is 0 Å². The maximum Gasteiger partial charge on any atom is 0.0546 e. The van der Waals surface area contributed by atoms with Crippen LogP contribution in [-0.4, -0.2) is 43.3 Å². The second-order valence-corrected chi connectivity index (χ2v) is 6.20. The highest BCUT2D eigenvalue weighted by atomic mass is 16.5. The lowest BCUT2D eigenvalue weighted by Gasteiger charge is -2.43. The molecule has 2 fully saturated rings. The van der Waals surface area contributed by atoms with Crippen LogP contribution in [0.4, 0.5) is 0 Å². The molecule has 2 aliphatic rings. The van der Waals surface area contributed by atoms with Gasteiger partial charge in [-0.1, -0.05) is 0 Å². The molecule has 1 unspecified atom stereocenters. The topological polar surface area (TPSA) is 38.5 Å². The first-order valence-corrected chi connectivity index (χ1v) is 6.61. The van der Waals surface area contributed by atoms with Crippen LogP contribution in [0.5, 0.6) is 0 Å². The molecule has 3 nitrogen and oxygen atoms in total. The smallest absolute Gasteiger partial charge is 0.0546 e. The molecule has 0 aliphatic carbocycles. The molecule has 2 rings (SSSR count). The fraction of sp³-hybridized carbons (Fsp3) is 1.00. The number of ether oxygens (including phenoxy) is 1. The van der Waals surface area contributed by atoms with Crippen molar-refractivity contribution in [1.29, 1.82) is 0 Å². The summed E-state index contributed by atoms with van der Waals surface area (Å²) in [7, 11) is 0. The van der Waals surface area contributed by atoms with E-state index < -0.39 is 0 Å². The third kappa shape index (κ3) is 2.41. The third-order valence-corrected chi connectivity index (χ3v) is 4.44. The van der Waals surface area contributed by atoms with Crippen molar-refractivity contribution in [1.82, 2.24) is 4.90 Å². The standard InChI is InChI=1S/C13H26N2O/c1-12(2)5-3-7-15(12)10-13(9-14)6-4-8-16-11-13/h3-11,14H2,1-2H3. The molecule has 16 heavy (non-hydrogen) atoms. The number of hydrogen-bond donors (Lipinski definition) is 1. The average Bonchev–Trinajstić information content (AvgIpc) is 2.60. The maximum atomic E-state index is 6.00. The van der Waals surface area contributed by atoms with E-state index in [1.807, 2.05) is 0 Å². The van der Waals surface area contributed by atoms with Gasteiger partial charge in [0.05, 0.1) is 6.61 Å². The van der Waals surface area contributed by atoms with Gasteiger partial charge in [0, 0.05) is 30.7 Å². The number of nitrogens with zero attached hydrogens (tertiary/aromatic N) is 1. The second-order valence-electron chi connectivity index (χ2n) is 6.20. The van der Waals surface area contributed by atoms with Gasteiger partial charge in [-0.3, -0.25) is 4.90 Å². The van der Waals surface area contributed by atoms with E-state index in [-0.39, 0.29) is 5.41 Å². The zero-order valence-corrected chi connectivity index (χ0v) is 10.8.